The smallest absolute Gasteiger partial charge is 0.379 e. The van der Waals surface area contributed by atoms with Gasteiger partial charge in [-0.3, -0.25) is 14.5 Å². The first-order valence-corrected chi connectivity index (χ1v) is 27.3. The number of Topliss-reactive ketones (excluding diaryl/α,β-unsaturated/α-hetero) is 1. The quantitative estimate of drug-likeness (QED) is 0.0570. The number of sulfone groups is 2. The van der Waals surface area contributed by atoms with E-state index in [0.29, 0.717) is 69.2 Å². The zero-order valence-corrected chi connectivity index (χ0v) is 41.4. The second-order valence-corrected chi connectivity index (χ2v) is 22.8. The summed E-state index contributed by atoms with van der Waals surface area (Å²) in [4.78, 5) is 30.0. The van der Waals surface area contributed by atoms with Gasteiger partial charge in [-0.1, -0.05) is 72.3 Å². The molecule has 18 heteroatoms. The Morgan fingerprint density at radius 1 is 0.841 bits per heavy atom. The molecular formula is C51H56ClF3N4O7S3. The molecule has 0 bridgehead atoms. The maximum Gasteiger partial charge on any atom is 0.501 e. The Labute approximate surface area is 412 Å². The first-order valence-electron chi connectivity index (χ1n) is 22.8. The molecule has 0 aliphatic carbocycles. The Balaban J connectivity index is 1.04. The monoisotopic (exact) mass is 1020 g/mol. The predicted octanol–water partition coefficient (Wildman–Crippen LogP) is 8.92. The summed E-state index contributed by atoms with van der Waals surface area (Å²) in [5, 5.41) is 6.81. The number of halogens is 4. The SMILES string of the molecule is CNCC(=O)N[C@@H](c1ccccc1-c1ccc(Cl)cc1)C1CCN(c2ccc(C(=O)CS(=O)(=O)c3ccc(C[C@H](CCN4CCOCC4)CSc4ccccc4)c(S(=O)(=O)C(F)(F)F)c3)cc2)CC1. The summed E-state index contributed by atoms with van der Waals surface area (Å²) in [6.07, 6.45) is 1.95. The molecule has 5 aromatic rings. The van der Waals surface area contributed by atoms with Gasteiger partial charge < -0.3 is 20.3 Å². The summed E-state index contributed by atoms with van der Waals surface area (Å²) in [5.41, 5.74) is -2.02. The van der Waals surface area contributed by atoms with Crippen molar-refractivity contribution in [3.8, 4) is 11.1 Å². The number of carbonyl (C=O) groups is 2. The highest BCUT2D eigenvalue weighted by molar-refractivity contribution is 7.99. The van der Waals surface area contributed by atoms with Crippen molar-refractivity contribution in [2.75, 3.05) is 75.9 Å². The summed E-state index contributed by atoms with van der Waals surface area (Å²) in [5.74, 6) is -1.72. The van der Waals surface area contributed by atoms with Crippen molar-refractivity contribution in [1.29, 1.82) is 0 Å². The van der Waals surface area contributed by atoms with Gasteiger partial charge in [0.05, 0.1) is 35.6 Å². The van der Waals surface area contributed by atoms with E-state index < -0.39 is 46.5 Å². The molecule has 0 aromatic heterocycles. The van der Waals surface area contributed by atoms with Crippen molar-refractivity contribution in [1.82, 2.24) is 15.5 Å². The molecule has 1 amide bonds. The molecule has 0 unspecified atom stereocenters. The van der Waals surface area contributed by atoms with Gasteiger partial charge in [-0.15, -0.1) is 11.8 Å². The number of piperidine rings is 1. The second-order valence-electron chi connectivity index (χ2n) is 17.4. The Kier molecular flexibility index (Phi) is 17.7. The molecule has 11 nitrogen and oxygen atoms in total. The van der Waals surface area contributed by atoms with Gasteiger partial charge in [-0.2, -0.15) is 13.2 Å². The molecule has 2 aliphatic heterocycles. The number of anilines is 1. The van der Waals surface area contributed by atoms with Crippen LogP contribution in [0.15, 0.2) is 136 Å². The van der Waals surface area contributed by atoms with Crippen molar-refractivity contribution in [3.63, 3.8) is 0 Å². The highest BCUT2D eigenvalue weighted by Crippen LogP contribution is 2.39. The average molecular weight is 1030 g/mol. The maximum atomic E-state index is 14.3. The van der Waals surface area contributed by atoms with Crippen LogP contribution in [0, 0.1) is 11.8 Å². The van der Waals surface area contributed by atoms with Crippen LogP contribution in [-0.2, 0) is 35.6 Å². The average Bonchev–Trinajstić information content (AvgIpc) is 3.34. The lowest BCUT2D eigenvalue weighted by molar-refractivity contribution is -0.121. The van der Waals surface area contributed by atoms with Crippen molar-refractivity contribution >= 4 is 60.4 Å². The minimum Gasteiger partial charge on any atom is -0.379 e. The molecule has 7 rings (SSSR count). The minimum absolute atomic E-state index is 0.0514. The third kappa shape index (κ3) is 13.6. The Morgan fingerprint density at radius 2 is 1.51 bits per heavy atom. The lowest BCUT2D eigenvalue weighted by Crippen LogP contribution is -2.43. The number of rotatable bonds is 20. The number of morpholine rings is 1. The number of nitrogens with zero attached hydrogens (tertiary/aromatic N) is 2. The fourth-order valence-corrected chi connectivity index (χ4v) is 12.5. The summed E-state index contributed by atoms with van der Waals surface area (Å²) < 4.78 is 102. The second kappa shape index (κ2) is 23.4. The number of likely N-dealkylation sites (N-methyl/N-ethyl adjacent to an activating group) is 1. The van der Waals surface area contributed by atoms with E-state index in [9.17, 15) is 39.6 Å². The van der Waals surface area contributed by atoms with E-state index >= 15 is 0 Å². The summed E-state index contributed by atoms with van der Waals surface area (Å²) in [6.45, 7) is 4.57. The van der Waals surface area contributed by atoms with Crippen LogP contribution in [0.3, 0.4) is 0 Å². The third-order valence-electron chi connectivity index (χ3n) is 12.7. The van der Waals surface area contributed by atoms with E-state index in [2.05, 4.69) is 20.4 Å². The van der Waals surface area contributed by atoms with Gasteiger partial charge in [0.1, 0.15) is 5.75 Å². The fraction of sp³-hybridized carbons (Fsp3) is 0.373. The summed E-state index contributed by atoms with van der Waals surface area (Å²) >= 11 is 7.70. The van der Waals surface area contributed by atoms with E-state index in [-0.39, 0.29) is 47.9 Å². The Bertz CT molecular complexity index is 2750. The van der Waals surface area contributed by atoms with Gasteiger partial charge in [0, 0.05) is 53.1 Å². The van der Waals surface area contributed by atoms with Crippen LogP contribution < -0.4 is 15.5 Å². The van der Waals surface area contributed by atoms with E-state index in [1.807, 2.05) is 78.9 Å². The Hall–Kier alpha value is -4.75. The molecule has 5 aromatic carbocycles. The molecule has 2 saturated heterocycles. The molecule has 0 spiro atoms. The van der Waals surface area contributed by atoms with Crippen LogP contribution in [0.4, 0.5) is 18.9 Å². The molecule has 2 atom stereocenters. The molecule has 0 radical (unpaired) electrons. The molecule has 368 valence electrons. The highest BCUT2D eigenvalue weighted by atomic mass is 35.5. The summed E-state index contributed by atoms with van der Waals surface area (Å²) in [7, 11) is -8.88. The van der Waals surface area contributed by atoms with Gasteiger partial charge in [0.25, 0.3) is 9.84 Å². The van der Waals surface area contributed by atoms with Gasteiger partial charge >= 0.3 is 5.51 Å². The Morgan fingerprint density at radius 3 is 2.17 bits per heavy atom. The number of benzene rings is 5. The standard InChI is InChI=1S/C51H56ClF3N4O7S3/c1-56-33-49(61)57-50(46-10-6-5-9-45(46)37-11-16-41(52)17-12-37)39-22-25-59(26-23-39)42-18-13-38(14-19-42)47(60)35-68(62,63)44-20-15-40(48(32-44)69(64,65)51(53,54)55)31-36(21-24-58-27-29-66-30-28-58)34-67-43-7-3-2-4-8-43/h2-20,32,36,39,50,56H,21-31,33-35H2,1H3,(H,57,61)/t36-,50+/m0/s1. The van der Waals surface area contributed by atoms with Crippen LogP contribution in [-0.4, -0.2) is 110 Å². The number of nitrogens with one attached hydrogen (secondary N) is 2. The number of hydrogen-bond donors (Lipinski definition) is 2. The number of hydrogen-bond acceptors (Lipinski definition) is 11. The van der Waals surface area contributed by atoms with Gasteiger partial charge in [0.2, 0.25) is 5.91 Å². The summed E-state index contributed by atoms with van der Waals surface area (Å²) in [6, 6.07) is 34.0. The molecule has 2 N–H and O–H groups in total. The van der Waals surface area contributed by atoms with Gasteiger partial charge in [-0.25, -0.2) is 16.8 Å². The zero-order valence-electron chi connectivity index (χ0n) is 38.2. The number of ketones is 1. The highest BCUT2D eigenvalue weighted by Gasteiger charge is 2.48. The van der Waals surface area contributed by atoms with E-state index in [1.165, 1.54) is 23.9 Å². The number of thioether (sulfide) groups is 1. The van der Waals surface area contributed by atoms with Crippen molar-refractivity contribution in [2.24, 2.45) is 11.8 Å². The van der Waals surface area contributed by atoms with E-state index in [4.69, 9.17) is 16.3 Å². The maximum absolute atomic E-state index is 14.3. The fourth-order valence-electron chi connectivity index (χ4n) is 8.93. The van der Waals surface area contributed by atoms with Crippen molar-refractivity contribution in [3.05, 3.63) is 143 Å². The zero-order chi connectivity index (χ0) is 49.2. The van der Waals surface area contributed by atoms with E-state index in [0.717, 1.165) is 52.2 Å². The first-order chi connectivity index (χ1) is 33.0. The molecule has 69 heavy (non-hydrogen) atoms. The number of alkyl halides is 3. The first kappa shape index (κ1) is 52.1. The van der Waals surface area contributed by atoms with Gasteiger partial charge in [-0.05, 0) is 134 Å². The van der Waals surface area contributed by atoms with Crippen LogP contribution in [0.1, 0.15) is 46.8 Å². The molecular weight excluding hydrogens is 969 g/mol. The number of ether oxygens (including phenoxy) is 1. The topological polar surface area (TPSA) is 142 Å². The number of carbonyl (C=O) groups excluding carboxylic acids is 2. The molecule has 0 saturated carbocycles. The van der Waals surface area contributed by atoms with Crippen LogP contribution >= 0.6 is 23.4 Å². The lowest BCUT2D eigenvalue weighted by atomic mass is 9.82. The largest absolute Gasteiger partial charge is 0.501 e. The normalized spacial score (nSPS) is 16.2. The van der Waals surface area contributed by atoms with Crippen LogP contribution in [0.2, 0.25) is 5.02 Å². The molecule has 2 aliphatic rings. The van der Waals surface area contributed by atoms with Crippen molar-refractivity contribution in [2.45, 2.75) is 51.9 Å². The molecule has 2 fully saturated rings. The van der Waals surface area contributed by atoms with Crippen molar-refractivity contribution < 1.29 is 44.3 Å². The minimum atomic E-state index is -5.99. The van der Waals surface area contributed by atoms with E-state index in [1.54, 1.807) is 19.2 Å². The number of amides is 1. The third-order valence-corrected chi connectivity index (χ3v) is 17.4. The van der Waals surface area contributed by atoms with Gasteiger partial charge in [0.15, 0.2) is 15.6 Å². The predicted molar refractivity (Wildman–Crippen MR) is 265 cm³/mol. The van der Waals surface area contributed by atoms with Crippen LogP contribution in [0.25, 0.3) is 11.1 Å². The lowest BCUT2D eigenvalue weighted by Gasteiger charge is -2.38. The van der Waals surface area contributed by atoms with Crippen LogP contribution in [0.5, 0.6) is 0 Å². The molecule has 2 heterocycles.